The van der Waals surface area contributed by atoms with Gasteiger partial charge in [-0.3, -0.25) is 0 Å². The van der Waals surface area contributed by atoms with Crippen LogP contribution in [0.5, 0.6) is 11.5 Å². The van der Waals surface area contributed by atoms with Crippen LogP contribution in [-0.4, -0.2) is 236 Å². The number of rotatable bonds is 19. The van der Waals surface area contributed by atoms with E-state index in [1.807, 2.05) is 80.2 Å². The number of piperazine rings is 1. The Morgan fingerprint density at radius 2 is 0.938 bits per heavy atom. The molecule has 6 aliphatic rings. The van der Waals surface area contributed by atoms with Gasteiger partial charge in [0.2, 0.25) is 20.0 Å². The Balaban J connectivity index is 0.769. The van der Waals surface area contributed by atoms with Crippen LogP contribution in [0.2, 0.25) is 0 Å². The predicted octanol–water partition coefficient (Wildman–Crippen LogP) is 8.85. The van der Waals surface area contributed by atoms with E-state index < -0.39 is 46.3 Å². The van der Waals surface area contributed by atoms with E-state index in [9.17, 15) is 38.1 Å². The second-order valence-corrected chi connectivity index (χ2v) is 36.5. The number of nitrogens with zero attached hydrogens (tertiary/aromatic N) is 11. The average molecular weight is 1420 g/mol. The summed E-state index contributed by atoms with van der Waals surface area (Å²) in [6.07, 6.45) is 13.3. The van der Waals surface area contributed by atoms with Crippen molar-refractivity contribution in [3.05, 3.63) is 102 Å². The minimum absolute atomic E-state index is 0.168. The van der Waals surface area contributed by atoms with Crippen LogP contribution in [-0.2, 0) is 53.4 Å². The van der Waals surface area contributed by atoms with Crippen LogP contribution < -0.4 is 24.2 Å². The van der Waals surface area contributed by atoms with Gasteiger partial charge in [-0.05, 0) is 204 Å². The molecule has 540 valence electrons. The number of anilines is 3. The van der Waals surface area contributed by atoms with Crippen LogP contribution in [0.15, 0.2) is 94.7 Å². The zero-order valence-electron chi connectivity index (χ0n) is 58.7. The number of halogens is 1. The third-order valence-electron chi connectivity index (χ3n) is 21.2. The average Bonchev–Trinajstić information content (AvgIpc) is 0.903. The minimum atomic E-state index is -3.98. The maximum absolute atomic E-state index is 14.9. The zero-order valence-corrected chi connectivity index (χ0v) is 62.0. The summed E-state index contributed by atoms with van der Waals surface area (Å²) >= 11 is 0. The molecule has 0 spiro atoms. The molecule has 2 atom stereocenters. The molecule has 4 aliphatic heterocycles. The molecule has 26 heteroatoms. The number of ether oxygens (including phenoxy) is 2. The Morgan fingerprint density at radius 3 is 1.45 bits per heavy atom. The highest BCUT2D eigenvalue weighted by atomic mass is 32.2. The van der Waals surface area contributed by atoms with E-state index in [1.165, 1.54) is 51.3 Å². The van der Waals surface area contributed by atoms with Crippen molar-refractivity contribution in [3.8, 4) is 11.5 Å². The van der Waals surface area contributed by atoms with Crippen LogP contribution in [0.4, 0.5) is 21.5 Å². The fraction of sp³-hybridized carbons (Fsp3) is 0.662. The van der Waals surface area contributed by atoms with Crippen molar-refractivity contribution >= 4 is 57.5 Å². The minimum Gasteiger partial charge on any atom is -0.496 e. The van der Waals surface area contributed by atoms with Crippen LogP contribution in [0, 0.1) is 35.4 Å². The summed E-state index contributed by atoms with van der Waals surface area (Å²) in [5.41, 5.74) is 4.50. The van der Waals surface area contributed by atoms with E-state index in [4.69, 9.17) is 9.47 Å². The Bertz CT molecular complexity index is 3650. The molecular weight excluding hydrogens is 1310 g/mol. The lowest BCUT2D eigenvalue weighted by atomic mass is 9.81. The molecule has 2 saturated carbocycles. The summed E-state index contributed by atoms with van der Waals surface area (Å²) in [6, 6.07) is 24.4. The first-order valence-corrected chi connectivity index (χ1v) is 41.4. The van der Waals surface area contributed by atoms with Gasteiger partial charge in [-0.1, -0.05) is 45.2 Å². The third-order valence-corrected chi connectivity index (χ3v) is 28.9. The molecule has 4 aromatic carbocycles. The first-order chi connectivity index (χ1) is 46.4. The molecule has 4 aromatic rings. The molecule has 0 radical (unpaired) electrons. The van der Waals surface area contributed by atoms with Crippen LogP contribution >= 0.6 is 0 Å². The zero-order chi connectivity index (χ0) is 69.1. The van der Waals surface area contributed by atoms with E-state index >= 15 is 0 Å². The van der Waals surface area contributed by atoms with Gasteiger partial charge in [0.05, 0.1) is 29.7 Å². The first-order valence-electron chi connectivity index (χ1n) is 35.7. The Kier molecular flexibility index (Phi) is 26.2. The molecule has 0 aromatic heterocycles. The smallest absolute Gasteiger partial charge is 0.282 e. The summed E-state index contributed by atoms with van der Waals surface area (Å²) < 4.78 is 153. The predicted molar refractivity (Wildman–Crippen MR) is 385 cm³/mol. The fourth-order valence-corrected chi connectivity index (χ4v) is 22.5. The summed E-state index contributed by atoms with van der Waals surface area (Å²) in [5, 5.41) is 0. The molecule has 21 nitrogen and oxygen atoms in total. The van der Waals surface area contributed by atoms with E-state index in [-0.39, 0.29) is 67.4 Å². The van der Waals surface area contributed by atoms with Crippen molar-refractivity contribution in [3.63, 3.8) is 0 Å². The molecule has 97 heavy (non-hydrogen) atoms. The Morgan fingerprint density at radius 1 is 0.464 bits per heavy atom. The van der Waals surface area contributed by atoms with E-state index in [0.29, 0.717) is 120 Å². The molecule has 2 aliphatic carbocycles. The number of sulfonamides is 2. The molecule has 0 unspecified atom stereocenters. The number of hydrogen-bond donors (Lipinski definition) is 0. The highest BCUT2D eigenvalue weighted by Crippen LogP contribution is 2.36. The number of methoxy groups -OCH3 is 2. The van der Waals surface area contributed by atoms with Gasteiger partial charge in [0.25, 0.3) is 20.4 Å². The lowest BCUT2D eigenvalue weighted by Crippen LogP contribution is -2.54. The SMILES string of the molecule is COc1cc(F)ccc1N1CCN(S(=O)(=O)N2CCCN(CC3CCCCC3)CCCN(S(=O)(=O)c3ccc(N(C)CC4CCC(CN5CCCN(S(=O)(=O)c6ccc(N(C)C)cc6)C[C@H](C)CN(S(=O)(=O)N6CCc7c(cccc7OC)C6)CCC5)CC4)cc3)C[C@H](C)C2)CC1. The Hall–Kier alpha value is -4.71. The molecule has 3 saturated heterocycles. The quantitative estimate of drug-likeness (QED) is 0.0865. The van der Waals surface area contributed by atoms with E-state index in [0.717, 1.165) is 86.7 Å². The molecule has 0 bridgehead atoms. The number of fused-ring (bicyclic) bond motifs is 1. The molecule has 10 rings (SSSR count). The lowest BCUT2D eigenvalue weighted by Gasteiger charge is -2.39. The third kappa shape index (κ3) is 19.1. The topological polar surface area (TPSA) is 191 Å². The highest BCUT2D eigenvalue weighted by molar-refractivity contribution is 7.89. The molecule has 4 heterocycles. The molecular formula is C71H110FN11O10S4. The molecule has 0 N–H and O–H groups in total. The summed E-state index contributed by atoms with van der Waals surface area (Å²) in [6.45, 7) is 13.2. The maximum atomic E-state index is 14.9. The standard InChI is InChI=1S/C71H110FN11O10S4/c1-57-49-80(39-12-35-75(54-59-16-9-8-10-17-59)37-14-41-81(51-57)96(88,89)78-46-44-77(45-47-78)69-33-24-63(72)48-71(69)93-7)95(86,87)67-31-27-65(28-32-67)74(5)53-60-20-22-61(23-21-60)55-76-36-13-40-79(94(84,85)66-29-25-64(26-30-66)73(3)4)50-58(2)52-82(42-15-38-76)97(90,91)83-43-34-68-62(56-83)18-11-19-70(68)92-6/h11,18-19,24-33,48,57-61H,8-10,12-17,20-23,34-47,49-56H2,1-7H3/t57-,58-,60?,61?/m0/s1. The number of benzene rings is 4. The normalized spacial score (nSPS) is 24.1. The maximum Gasteiger partial charge on any atom is 0.282 e. The van der Waals surface area contributed by atoms with Gasteiger partial charge in [-0.2, -0.15) is 42.7 Å². The van der Waals surface area contributed by atoms with Gasteiger partial charge in [-0.15, -0.1) is 0 Å². The van der Waals surface area contributed by atoms with Crippen molar-refractivity contribution in [2.75, 3.05) is 181 Å². The van der Waals surface area contributed by atoms with Gasteiger partial charge in [0.1, 0.15) is 17.3 Å². The first kappa shape index (κ1) is 75.0. The van der Waals surface area contributed by atoms with Gasteiger partial charge < -0.3 is 34.0 Å². The van der Waals surface area contributed by atoms with Crippen molar-refractivity contribution in [1.29, 1.82) is 0 Å². The summed E-state index contributed by atoms with van der Waals surface area (Å²) in [5.74, 6) is 1.58. The highest BCUT2D eigenvalue weighted by Gasteiger charge is 2.39. The molecule has 5 fully saturated rings. The van der Waals surface area contributed by atoms with Gasteiger partial charge in [0, 0.05) is 150 Å². The fourth-order valence-electron chi connectivity index (χ4n) is 15.8. The van der Waals surface area contributed by atoms with Gasteiger partial charge in [-0.25, -0.2) is 21.2 Å². The van der Waals surface area contributed by atoms with Crippen LogP contribution in [0.3, 0.4) is 0 Å². The van der Waals surface area contributed by atoms with Crippen LogP contribution in [0.25, 0.3) is 0 Å². The summed E-state index contributed by atoms with van der Waals surface area (Å²) in [7, 11) is -6.74. The lowest BCUT2D eigenvalue weighted by molar-refractivity contribution is 0.166. The van der Waals surface area contributed by atoms with Crippen molar-refractivity contribution in [1.82, 2.24) is 35.6 Å². The largest absolute Gasteiger partial charge is 0.496 e. The Labute approximate surface area is 581 Å². The summed E-state index contributed by atoms with van der Waals surface area (Å²) in [4.78, 5) is 11.5. The van der Waals surface area contributed by atoms with Crippen molar-refractivity contribution in [2.24, 2.45) is 29.6 Å². The van der Waals surface area contributed by atoms with Crippen LogP contribution in [0.1, 0.15) is 108 Å². The van der Waals surface area contributed by atoms with E-state index in [1.54, 1.807) is 63.3 Å². The number of hydrogen-bond acceptors (Lipinski definition) is 15. The monoisotopic (exact) mass is 1420 g/mol. The van der Waals surface area contributed by atoms with E-state index in [2.05, 4.69) is 21.7 Å². The van der Waals surface area contributed by atoms with Crippen molar-refractivity contribution in [2.45, 2.75) is 120 Å². The second kappa shape index (κ2) is 33.8. The van der Waals surface area contributed by atoms with Gasteiger partial charge >= 0.3 is 0 Å². The molecule has 0 amide bonds. The van der Waals surface area contributed by atoms with Crippen molar-refractivity contribution < 1.29 is 47.5 Å². The van der Waals surface area contributed by atoms with Gasteiger partial charge in [0.15, 0.2) is 0 Å². The second-order valence-electron chi connectivity index (χ2n) is 28.7.